The molecular weight excluding hydrogens is 414 g/mol. The average Bonchev–Trinajstić information content (AvgIpc) is 3.04. The van der Waals surface area contributed by atoms with Crippen molar-refractivity contribution in [2.75, 3.05) is 0 Å². The van der Waals surface area contributed by atoms with Crippen molar-refractivity contribution in [3.63, 3.8) is 0 Å². The van der Waals surface area contributed by atoms with E-state index in [9.17, 15) is 29.9 Å². The van der Waals surface area contributed by atoms with Crippen molar-refractivity contribution in [1.82, 2.24) is 9.88 Å². The number of rotatable bonds is 5. The zero-order valence-electron chi connectivity index (χ0n) is 16.6. The summed E-state index contributed by atoms with van der Waals surface area (Å²) in [7, 11) is 0. The van der Waals surface area contributed by atoms with E-state index in [-0.39, 0.29) is 29.1 Å². The number of Topliss-reactive ketones (excluding diaryl/α,β-unsaturated/α-hetero) is 1. The van der Waals surface area contributed by atoms with Crippen molar-refractivity contribution in [2.45, 2.75) is 12.6 Å². The molecular formula is C23H17N3O6. The molecule has 1 aliphatic rings. The minimum absolute atomic E-state index is 0.0164. The van der Waals surface area contributed by atoms with Crippen LogP contribution in [0.2, 0.25) is 0 Å². The first-order valence-corrected chi connectivity index (χ1v) is 9.59. The first kappa shape index (κ1) is 20.7. The number of hydrogen-bond acceptors (Lipinski definition) is 7. The third kappa shape index (κ3) is 3.79. The van der Waals surface area contributed by atoms with Gasteiger partial charge in [-0.1, -0.05) is 30.3 Å². The average molecular weight is 431 g/mol. The molecule has 0 radical (unpaired) electrons. The topological polar surface area (TPSA) is 134 Å². The van der Waals surface area contributed by atoms with Gasteiger partial charge in [0.15, 0.2) is 0 Å². The van der Waals surface area contributed by atoms with E-state index in [1.165, 1.54) is 35.2 Å². The Hall–Kier alpha value is -4.53. The first-order chi connectivity index (χ1) is 15.4. The van der Waals surface area contributed by atoms with Gasteiger partial charge in [0.2, 0.25) is 0 Å². The Morgan fingerprint density at radius 2 is 1.84 bits per heavy atom. The van der Waals surface area contributed by atoms with E-state index >= 15 is 0 Å². The van der Waals surface area contributed by atoms with Crippen LogP contribution in [0.5, 0.6) is 5.75 Å². The Morgan fingerprint density at radius 1 is 1.06 bits per heavy atom. The van der Waals surface area contributed by atoms with Crippen molar-refractivity contribution in [3.8, 4) is 5.75 Å². The summed E-state index contributed by atoms with van der Waals surface area (Å²) in [6, 6.07) is 15.3. The molecule has 1 unspecified atom stereocenters. The third-order valence-electron chi connectivity index (χ3n) is 5.11. The summed E-state index contributed by atoms with van der Waals surface area (Å²) in [6.45, 7) is -0.0164. The van der Waals surface area contributed by atoms with Gasteiger partial charge >= 0.3 is 0 Å². The van der Waals surface area contributed by atoms with Crippen molar-refractivity contribution >= 4 is 23.1 Å². The number of aliphatic hydroxyl groups is 1. The number of phenols is 1. The number of hydrogen-bond donors (Lipinski definition) is 2. The van der Waals surface area contributed by atoms with Crippen molar-refractivity contribution in [2.24, 2.45) is 0 Å². The van der Waals surface area contributed by atoms with Gasteiger partial charge in [0.25, 0.3) is 17.4 Å². The second-order valence-electron chi connectivity index (χ2n) is 7.15. The fourth-order valence-electron chi connectivity index (χ4n) is 3.67. The van der Waals surface area contributed by atoms with Crippen LogP contribution in [0.1, 0.15) is 22.9 Å². The Kier molecular flexibility index (Phi) is 5.38. The lowest BCUT2D eigenvalue weighted by molar-refractivity contribution is -0.384. The number of benzene rings is 2. The molecule has 0 spiro atoms. The number of aliphatic hydroxyl groups excluding tert-OH is 1. The molecule has 0 saturated carbocycles. The fraction of sp³-hybridized carbons (Fsp3) is 0.0870. The SMILES string of the molecule is O=C1C(=O)N(Cc2ccccn2)C(c2cccc(O)c2)/C1=C(/O)c1cccc([N+](=O)[O-])c1. The highest BCUT2D eigenvalue weighted by molar-refractivity contribution is 6.46. The maximum Gasteiger partial charge on any atom is 0.296 e. The first-order valence-electron chi connectivity index (χ1n) is 9.59. The van der Waals surface area contributed by atoms with Gasteiger partial charge in [-0.25, -0.2) is 0 Å². The highest BCUT2D eigenvalue weighted by Gasteiger charge is 2.46. The van der Waals surface area contributed by atoms with Gasteiger partial charge in [-0.15, -0.1) is 0 Å². The van der Waals surface area contributed by atoms with E-state index in [1.54, 1.807) is 36.5 Å². The van der Waals surface area contributed by atoms with Crippen molar-refractivity contribution in [3.05, 3.63) is 105 Å². The minimum atomic E-state index is -1.02. The molecule has 32 heavy (non-hydrogen) atoms. The van der Waals surface area contributed by atoms with Crippen LogP contribution in [0.4, 0.5) is 5.69 Å². The Morgan fingerprint density at radius 3 is 2.53 bits per heavy atom. The maximum atomic E-state index is 13.0. The smallest absolute Gasteiger partial charge is 0.296 e. The molecule has 2 N–H and O–H groups in total. The van der Waals surface area contributed by atoms with Gasteiger partial charge in [0.1, 0.15) is 11.5 Å². The quantitative estimate of drug-likeness (QED) is 0.208. The molecule has 1 aliphatic heterocycles. The number of aromatic nitrogens is 1. The number of non-ortho nitro benzene ring substituents is 1. The van der Waals surface area contributed by atoms with Gasteiger partial charge in [-0.2, -0.15) is 0 Å². The van der Waals surface area contributed by atoms with E-state index in [0.717, 1.165) is 6.07 Å². The molecule has 1 saturated heterocycles. The molecule has 9 nitrogen and oxygen atoms in total. The van der Waals surface area contributed by atoms with E-state index in [0.29, 0.717) is 11.3 Å². The van der Waals surface area contributed by atoms with Crippen LogP contribution in [0.25, 0.3) is 5.76 Å². The standard InChI is InChI=1S/C23H17N3O6/c27-18-9-4-5-14(12-18)20-19(21(28)15-6-3-8-17(11-15)26(31)32)22(29)23(30)25(20)13-16-7-1-2-10-24-16/h1-12,20,27-28H,13H2/b21-19-. The summed E-state index contributed by atoms with van der Waals surface area (Å²) in [5.74, 6) is -2.40. The number of nitrogens with zero attached hydrogens (tertiary/aromatic N) is 3. The lowest BCUT2D eigenvalue weighted by Gasteiger charge is -2.25. The normalized spacial score (nSPS) is 17.5. The number of carbonyl (C=O) groups excluding carboxylic acids is 2. The zero-order valence-corrected chi connectivity index (χ0v) is 16.6. The number of pyridine rings is 1. The zero-order chi connectivity index (χ0) is 22.8. The number of carbonyl (C=O) groups is 2. The number of likely N-dealkylation sites (tertiary alicyclic amines) is 1. The predicted octanol–water partition coefficient (Wildman–Crippen LogP) is 3.32. The number of phenolic OH excluding ortho intramolecular Hbond substituents is 1. The lowest BCUT2D eigenvalue weighted by atomic mass is 9.95. The number of aromatic hydroxyl groups is 1. The Balaban J connectivity index is 1.88. The van der Waals surface area contributed by atoms with Crippen LogP contribution in [0.3, 0.4) is 0 Å². The van der Waals surface area contributed by atoms with E-state index < -0.39 is 28.4 Å². The van der Waals surface area contributed by atoms with Gasteiger partial charge < -0.3 is 15.1 Å². The summed E-state index contributed by atoms with van der Waals surface area (Å²) < 4.78 is 0. The maximum absolute atomic E-state index is 13.0. The van der Waals surface area contributed by atoms with Crippen LogP contribution >= 0.6 is 0 Å². The summed E-state index contributed by atoms with van der Waals surface area (Å²) in [5, 5.41) is 32.1. The summed E-state index contributed by atoms with van der Waals surface area (Å²) in [6.07, 6.45) is 1.55. The molecule has 3 aromatic rings. The van der Waals surface area contributed by atoms with Crippen molar-refractivity contribution in [1.29, 1.82) is 0 Å². The molecule has 2 heterocycles. The molecule has 1 amide bonds. The highest BCUT2D eigenvalue weighted by atomic mass is 16.6. The number of nitro benzene ring substituents is 1. The molecule has 160 valence electrons. The van der Waals surface area contributed by atoms with E-state index in [2.05, 4.69) is 4.98 Å². The summed E-state index contributed by atoms with van der Waals surface area (Å²) >= 11 is 0. The molecule has 1 aromatic heterocycles. The highest BCUT2D eigenvalue weighted by Crippen LogP contribution is 2.41. The third-order valence-corrected chi connectivity index (χ3v) is 5.11. The molecule has 1 fully saturated rings. The second kappa shape index (κ2) is 8.31. The summed E-state index contributed by atoms with van der Waals surface area (Å²) in [4.78, 5) is 41.9. The van der Waals surface area contributed by atoms with Crippen LogP contribution in [-0.2, 0) is 16.1 Å². The number of ketones is 1. The molecule has 4 rings (SSSR count). The second-order valence-corrected chi connectivity index (χ2v) is 7.15. The molecule has 1 atom stereocenters. The lowest BCUT2D eigenvalue weighted by Crippen LogP contribution is -2.29. The molecule has 2 aromatic carbocycles. The van der Waals surface area contributed by atoms with E-state index in [4.69, 9.17) is 0 Å². The number of amides is 1. The van der Waals surface area contributed by atoms with Crippen molar-refractivity contribution < 1.29 is 24.7 Å². The summed E-state index contributed by atoms with van der Waals surface area (Å²) in [5.41, 5.74) is 0.449. The van der Waals surface area contributed by atoms with Crippen LogP contribution in [0.15, 0.2) is 78.5 Å². The molecule has 0 aliphatic carbocycles. The van der Waals surface area contributed by atoms with Gasteiger partial charge in [0.05, 0.1) is 28.8 Å². The van der Waals surface area contributed by atoms with Crippen LogP contribution in [0, 0.1) is 10.1 Å². The van der Waals surface area contributed by atoms with Crippen LogP contribution in [-0.4, -0.2) is 36.7 Å². The Labute approximate surface area is 182 Å². The Bertz CT molecular complexity index is 1260. The number of nitro groups is 1. The van der Waals surface area contributed by atoms with E-state index in [1.807, 2.05) is 0 Å². The predicted molar refractivity (Wildman–Crippen MR) is 113 cm³/mol. The van der Waals surface area contributed by atoms with Gasteiger partial charge in [-0.3, -0.25) is 24.7 Å². The largest absolute Gasteiger partial charge is 0.508 e. The molecule has 9 heteroatoms. The van der Waals surface area contributed by atoms with Gasteiger partial charge in [0, 0.05) is 23.9 Å². The minimum Gasteiger partial charge on any atom is -0.508 e. The monoisotopic (exact) mass is 431 g/mol. The van der Waals surface area contributed by atoms with Gasteiger partial charge in [-0.05, 0) is 29.8 Å². The fourth-order valence-corrected chi connectivity index (χ4v) is 3.67. The van der Waals surface area contributed by atoms with Crippen LogP contribution < -0.4 is 0 Å². The molecule has 0 bridgehead atoms.